The van der Waals surface area contributed by atoms with Crippen LogP contribution in [0.2, 0.25) is 0 Å². The van der Waals surface area contributed by atoms with Crippen molar-refractivity contribution in [2.45, 2.75) is 32.1 Å². The molecule has 0 heterocycles. The number of carbonyl (C=O) groups is 1. The van der Waals surface area contributed by atoms with Gasteiger partial charge in [-0.2, -0.15) is 0 Å². The van der Waals surface area contributed by atoms with Gasteiger partial charge in [-0.3, -0.25) is 4.79 Å². The molecule has 1 aromatic rings. The van der Waals surface area contributed by atoms with Crippen molar-refractivity contribution in [3.8, 4) is 5.75 Å². The quantitative estimate of drug-likeness (QED) is 0.815. The molecule has 2 aliphatic carbocycles. The molecule has 0 aromatic heterocycles. The van der Waals surface area contributed by atoms with E-state index in [1.54, 1.807) is 6.07 Å². The Labute approximate surface area is 107 Å². The van der Waals surface area contributed by atoms with Crippen molar-refractivity contribution in [2.24, 2.45) is 11.8 Å². The first-order valence-corrected chi connectivity index (χ1v) is 6.60. The van der Waals surface area contributed by atoms with E-state index < -0.39 is 0 Å². The van der Waals surface area contributed by atoms with Crippen LogP contribution in [-0.4, -0.2) is 17.7 Å². The Morgan fingerprint density at radius 1 is 1.56 bits per heavy atom. The summed E-state index contributed by atoms with van der Waals surface area (Å²) >= 11 is 0. The Kier molecular flexibility index (Phi) is 2.40. The van der Waals surface area contributed by atoms with E-state index in [0.29, 0.717) is 12.5 Å². The summed E-state index contributed by atoms with van der Waals surface area (Å²) in [5, 5.41) is 9.65. The molecular formula is C15H18O3. The highest BCUT2D eigenvalue weighted by Gasteiger charge is 2.68. The molecule has 0 radical (unpaired) electrons. The number of ether oxygens (including phenoxy) is 1. The van der Waals surface area contributed by atoms with Crippen molar-refractivity contribution in [1.29, 1.82) is 0 Å². The van der Waals surface area contributed by atoms with E-state index in [9.17, 15) is 9.90 Å². The van der Waals surface area contributed by atoms with Crippen LogP contribution in [0.3, 0.4) is 0 Å². The van der Waals surface area contributed by atoms with Crippen LogP contribution in [0.15, 0.2) is 18.2 Å². The minimum Gasteiger partial charge on any atom is -0.508 e. The number of esters is 1. The molecule has 1 spiro atoms. The molecular weight excluding hydrogens is 228 g/mol. The Bertz CT molecular complexity index is 508. The van der Waals surface area contributed by atoms with Crippen LogP contribution < -0.4 is 0 Å². The number of carbonyl (C=O) groups excluding carboxylic acids is 1. The highest BCUT2D eigenvalue weighted by atomic mass is 16.5. The number of aryl methyl sites for hydroxylation is 1. The summed E-state index contributed by atoms with van der Waals surface area (Å²) in [5.41, 5.74) is 2.36. The highest BCUT2D eigenvalue weighted by molar-refractivity contribution is 5.81. The third kappa shape index (κ3) is 1.33. The predicted molar refractivity (Wildman–Crippen MR) is 67.4 cm³/mol. The Morgan fingerprint density at radius 3 is 3.06 bits per heavy atom. The fourth-order valence-corrected chi connectivity index (χ4v) is 3.76. The van der Waals surface area contributed by atoms with Crippen LogP contribution in [0.25, 0.3) is 0 Å². The molecule has 1 fully saturated rings. The molecule has 0 amide bonds. The average Bonchev–Trinajstić information content (AvgIpc) is 2.75. The summed E-state index contributed by atoms with van der Waals surface area (Å²) < 4.78 is 5.17. The first-order chi connectivity index (χ1) is 8.61. The van der Waals surface area contributed by atoms with Gasteiger partial charge in [0.25, 0.3) is 0 Å². The summed E-state index contributed by atoms with van der Waals surface area (Å²) in [6.07, 6.45) is 1.99. The second-order valence-electron chi connectivity index (χ2n) is 5.40. The van der Waals surface area contributed by atoms with Gasteiger partial charge in [-0.15, -0.1) is 0 Å². The number of benzene rings is 1. The first-order valence-electron chi connectivity index (χ1n) is 6.60. The Hall–Kier alpha value is -1.51. The average molecular weight is 246 g/mol. The molecule has 3 heteroatoms. The monoisotopic (exact) mass is 246 g/mol. The van der Waals surface area contributed by atoms with E-state index in [2.05, 4.69) is 6.92 Å². The largest absolute Gasteiger partial charge is 0.508 e. The zero-order valence-corrected chi connectivity index (χ0v) is 10.8. The summed E-state index contributed by atoms with van der Waals surface area (Å²) in [7, 11) is 0. The third-order valence-electron chi connectivity index (χ3n) is 4.70. The summed E-state index contributed by atoms with van der Waals surface area (Å²) in [6.45, 7) is 4.39. The van der Waals surface area contributed by atoms with Crippen LogP contribution >= 0.6 is 0 Å². The van der Waals surface area contributed by atoms with Crippen LogP contribution in [0.4, 0.5) is 0 Å². The van der Waals surface area contributed by atoms with Gasteiger partial charge in [0, 0.05) is 5.41 Å². The molecule has 0 bridgehead atoms. The van der Waals surface area contributed by atoms with Gasteiger partial charge >= 0.3 is 5.97 Å². The lowest BCUT2D eigenvalue weighted by molar-refractivity contribution is -0.145. The van der Waals surface area contributed by atoms with Crippen LogP contribution in [0, 0.1) is 11.8 Å². The van der Waals surface area contributed by atoms with E-state index in [4.69, 9.17) is 4.74 Å². The van der Waals surface area contributed by atoms with Crippen molar-refractivity contribution in [3.63, 3.8) is 0 Å². The van der Waals surface area contributed by atoms with Crippen molar-refractivity contribution in [2.75, 3.05) is 6.61 Å². The summed E-state index contributed by atoms with van der Waals surface area (Å²) in [4.78, 5) is 12.0. The van der Waals surface area contributed by atoms with Crippen molar-refractivity contribution < 1.29 is 14.6 Å². The number of phenolic OH excluding ortho intramolecular Hbond substituents is 1. The topological polar surface area (TPSA) is 46.5 Å². The SMILES string of the molecule is CCOC(=O)[C@H]1[C@H](C)[C@@]12CCc1ccc(O)cc12. The Morgan fingerprint density at radius 2 is 2.33 bits per heavy atom. The zero-order chi connectivity index (χ0) is 12.9. The van der Waals surface area contributed by atoms with Gasteiger partial charge in [0.2, 0.25) is 0 Å². The van der Waals surface area contributed by atoms with Crippen molar-refractivity contribution in [1.82, 2.24) is 0 Å². The zero-order valence-electron chi connectivity index (χ0n) is 10.8. The van der Waals surface area contributed by atoms with E-state index in [0.717, 1.165) is 18.4 Å². The number of fused-ring (bicyclic) bond motifs is 2. The minimum absolute atomic E-state index is 0.0273. The van der Waals surface area contributed by atoms with Gasteiger partial charge in [-0.1, -0.05) is 13.0 Å². The molecule has 0 unspecified atom stereocenters. The Balaban J connectivity index is 1.96. The smallest absolute Gasteiger partial charge is 0.310 e. The molecule has 2 aliphatic rings. The maximum Gasteiger partial charge on any atom is 0.310 e. The number of hydrogen-bond acceptors (Lipinski definition) is 3. The normalized spacial score (nSPS) is 32.3. The second-order valence-corrected chi connectivity index (χ2v) is 5.40. The molecule has 3 rings (SSSR count). The third-order valence-corrected chi connectivity index (χ3v) is 4.70. The molecule has 18 heavy (non-hydrogen) atoms. The van der Waals surface area contributed by atoms with E-state index in [1.807, 2.05) is 19.1 Å². The van der Waals surface area contributed by atoms with Gasteiger partial charge in [0.15, 0.2) is 0 Å². The van der Waals surface area contributed by atoms with Crippen molar-refractivity contribution >= 4 is 5.97 Å². The van der Waals surface area contributed by atoms with Gasteiger partial charge in [-0.25, -0.2) is 0 Å². The fourth-order valence-electron chi connectivity index (χ4n) is 3.76. The molecule has 3 atom stereocenters. The first kappa shape index (κ1) is 11.6. The molecule has 1 aromatic carbocycles. The highest BCUT2D eigenvalue weighted by Crippen LogP contribution is 2.66. The van der Waals surface area contributed by atoms with Gasteiger partial charge in [-0.05, 0) is 48.9 Å². The number of hydrogen-bond donors (Lipinski definition) is 1. The standard InChI is InChI=1S/C15H18O3/c1-3-18-14(17)13-9(2)15(13)7-6-10-4-5-11(16)8-12(10)15/h4-5,8-9,13,16H,3,6-7H2,1-2H3/t9-,13+,15+/m0/s1. The molecule has 3 nitrogen and oxygen atoms in total. The lowest BCUT2D eigenvalue weighted by Crippen LogP contribution is -2.15. The molecule has 1 N–H and O–H groups in total. The van der Waals surface area contributed by atoms with Crippen molar-refractivity contribution in [3.05, 3.63) is 29.3 Å². The molecule has 0 aliphatic heterocycles. The van der Waals surface area contributed by atoms with Crippen LogP contribution in [-0.2, 0) is 21.4 Å². The maximum atomic E-state index is 12.0. The van der Waals surface area contributed by atoms with Gasteiger partial charge in [0.1, 0.15) is 5.75 Å². The number of aromatic hydroxyl groups is 1. The van der Waals surface area contributed by atoms with E-state index in [-0.39, 0.29) is 23.1 Å². The molecule has 0 saturated heterocycles. The van der Waals surface area contributed by atoms with E-state index in [1.165, 1.54) is 5.56 Å². The minimum atomic E-state index is -0.0822. The lowest BCUT2D eigenvalue weighted by atomic mass is 9.93. The number of phenols is 1. The van der Waals surface area contributed by atoms with E-state index >= 15 is 0 Å². The summed E-state index contributed by atoms with van der Waals surface area (Å²) in [5.74, 6) is 0.498. The van der Waals surface area contributed by atoms with Gasteiger partial charge in [0.05, 0.1) is 12.5 Å². The number of rotatable bonds is 2. The fraction of sp³-hybridized carbons (Fsp3) is 0.533. The second kappa shape index (κ2) is 3.74. The van der Waals surface area contributed by atoms with Gasteiger partial charge < -0.3 is 9.84 Å². The molecule has 96 valence electrons. The predicted octanol–water partition coefficient (Wildman–Crippen LogP) is 2.41. The maximum absolute atomic E-state index is 12.0. The van der Waals surface area contributed by atoms with Crippen LogP contribution in [0.5, 0.6) is 5.75 Å². The molecule has 1 saturated carbocycles. The lowest BCUT2D eigenvalue weighted by Gasteiger charge is -2.11. The summed E-state index contributed by atoms with van der Waals surface area (Å²) in [6, 6.07) is 5.54. The van der Waals surface area contributed by atoms with Crippen LogP contribution in [0.1, 0.15) is 31.4 Å².